The normalized spacial score (nSPS) is 26.2. The number of anilines is 1. The van der Waals surface area contributed by atoms with Crippen molar-refractivity contribution < 1.29 is 9.53 Å². The summed E-state index contributed by atoms with van der Waals surface area (Å²) in [7, 11) is 2.13. The fraction of sp³-hybridized carbons (Fsp3) is 0.684. The van der Waals surface area contributed by atoms with Crippen molar-refractivity contribution in [2.75, 3.05) is 44.7 Å². The smallest absolute Gasteiger partial charge is 0.251 e. The van der Waals surface area contributed by atoms with Crippen LogP contribution in [0.1, 0.15) is 37.6 Å². The number of carbonyl (C=O) groups excluding carboxylic acids is 1. The molecule has 1 amide bonds. The van der Waals surface area contributed by atoms with Gasteiger partial charge in [-0.15, -0.1) is 0 Å². The highest BCUT2D eigenvalue weighted by molar-refractivity contribution is 5.95. The molecule has 25 heavy (non-hydrogen) atoms. The van der Waals surface area contributed by atoms with E-state index in [2.05, 4.69) is 41.0 Å². The molecule has 6 nitrogen and oxygen atoms in total. The van der Waals surface area contributed by atoms with Gasteiger partial charge < -0.3 is 19.9 Å². The minimum Gasteiger partial charge on any atom is -0.378 e. The number of ether oxygens (including phenoxy) is 1. The minimum absolute atomic E-state index is 0.0224. The van der Waals surface area contributed by atoms with Crippen molar-refractivity contribution in [1.29, 1.82) is 0 Å². The number of hydrogen-bond donors (Lipinski definition) is 1. The molecule has 2 aliphatic rings. The molecule has 2 atom stereocenters. The van der Waals surface area contributed by atoms with Gasteiger partial charge in [-0.25, -0.2) is 4.98 Å². The van der Waals surface area contributed by atoms with E-state index in [1.54, 1.807) is 12.3 Å². The van der Waals surface area contributed by atoms with Crippen LogP contribution in [0.4, 0.5) is 5.82 Å². The van der Waals surface area contributed by atoms with Crippen LogP contribution in [0.3, 0.4) is 0 Å². The van der Waals surface area contributed by atoms with Crippen molar-refractivity contribution in [3.05, 3.63) is 23.9 Å². The summed E-state index contributed by atoms with van der Waals surface area (Å²) in [6.45, 7) is 11.0. The molecule has 1 saturated carbocycles. The van der Waals surface area contributed by atoms with Crippen LogP contribution in [-0.4, -0.2) is 67.8 Å². The van der Waals surface area contributed by atoms with E-state index < -0.39 is 0 Å². The molecule has 0 radical (unpaired) electrons. The Bertz CT molecular complexity index is 611. The van der Waals surface area contributed by atoms with E-state index in [4.69, 9.17) is 4.74 Å². The van der Waals surface area contributed by atoms with E-state index in [1.807, 2.05) is 13.0 Å². The maximum Gasteiger partial charge on any atom is 0.251 e. The second-order valence-corrected chi connectivity index (χ2v) is 7.72. The first-order valence-electron chi connectivity index (χ1n) is 9.24. The van der Waals surface area contributed by atoms with Gasteiger partial charge in [0, 0.05) is 56.0 Å². The second kappa shape index (κ2) is 7.30. The molecule has 1 aliphatic carbocycles. The lowest BCUT2D eigenvalue weighted by atomic mass is 9.64. The maximum absolute atomic E-state index is 12.7. The van der Waals surface area contributed by atoms with Crippen LogP contribution in [0.5, 0.6) is 0 Å². The molecule has 6 heteroatoms. The van der Waals surface area contributed by atoms with Crippen LogP contribution in [0.25, 0.3) is 0 Å². The average Bonchev–Trinajstić information content (AvgIpc) is 2.61. The van der Waals surface area contributed by atoms with Crippen molar-refractivity contribution in [3.63, 3.8) is 0 Å². The number of amides is 1. The van der Waals surface area contributed by atoms with Gasteiger partial charge in [0.1, 0.15) is 5.82 Å². The molecule has 0 bridgehead atoms. The first-order valence-corrected chi connectivity index (χ1v) is 9.24. The molecule has 0 unspecified atom stereocenters. The third-order valence-corrected chi connectivity index (χ3v) is 5.69. The number of pyridine rings is 1. The largest absolute Gasteiger partial charge is 0.378 e. The van der Waals surface area contributed by atoms with Gasteiger partial charge in [-0.05, 0) is 32.5 Å². The fourth-order valence-electron chi connectivity index (χ4n) is 3.62. The van der Waals surface area contributed by atoms with Gasteiger partial charge in [0.25, 0.3) is 5.91 Å². The molecular weight excluding hydrogens is 316 g/mol. The lowest BCUT2D eigenvalue weighted by molar-refractivity contribution is -0.111. The van der Waals surface area contributed by atoms with Gasteiger partial charge in [0.15, 0.2) is 0 Å². The number of hydrogen-bond acceptors (Lipinski definition) is 5. The summed E-state index contributed by atoms with van der Waals surface area (Å²) in [5.74, 6) is 0.867. The number of carbonyl (C=O) groups is 1. The number of likely N-dealkylation sites (N-methyl/N-ethyl adjacent to an activating group) is 1. The molecule has 3 rings (SSSR count). The Morgan fingerprint density at radius 1 is 1.36 bits per heavy atom. The number of nitrogens with zero attached hydrogens (tertiary/aromatic N) is 3. The minimum atomic E-state index is -0.0288. The summed E-state index contributed by atoms with van der Waals surface area (Å²) >= 11 is 0. The van der Waals surface area contributed by atoms with Gasteiger partial charge in [-0.3, -0.25) is 4.79 Å². The zero-order valence-electron chi connectivity index (χ0n) is 15.8. The van der Waals surface area contributed by atoms with Crippen molar-refractivity contribution >= 4 is 11.7 Å². The summed E-state index contributed by atoms with van der Waals surface area (Å²) in [5.41, 5.74) is 0.651. The lowest BCUT2D eigenvalue weighted by Crippen LogP contribution is -2.62. The SMILES string of the molecule is CCO[C@@H]1C[C@H](NC(=O)c2ccnc(N3CCN(C)CC3)c2)C1(C)C. The maximum atomic E-state index is 12.7. The van der Waals surface area contributed by atoms with E-state index in [-0.39, 0.29) is 23.5 Å². The fourth-order valence-corrected chi connectivity index (χ4v) is 3.62. The molecule has 1 aliphatic heterocycles. The van der Waals surface area contributed by atoms with Gasteiger partial charge in [0.05, 0.1) is 6.10 Å². The van der Waals surface area contributed by atoms with Crippen molar-refractivity contribution in [1.82, 2.24) is 15.2 Å². The molecule has 0 aromatic carbocycles. The Labute approximate surface area is 150 Å². The molecule has 1 aromatic rings. The monoisotopic (exact) mass is 346 g/mol. The van der Waals surface area contributed by atoms with Crippen LogP contribution >= 0.6 is 0 Å². The Kier molecular flexibility index (Phi) is 5.29. The van der Waals surface area contributed by atoms with Crippen molar-refractivity contribution in [3.8, 4) is 0 Å². The van der Waals surface area contributed by atoms with Crippen LogP contribution in [-0.2, 0) is 4.74 Å². The molecule has 138 valence electrons. The Hall–Kier alpha value is -1.66. The van der Waals surface area contributed by atoms with E-state index in [0.29, 0.717) is 12.2 Å². The standard InChI is InChI=1S/C19H30N4O2/c1-5-25-16-13-15(19(16,2)3)21-18(24)14-6-7-20-17(12-14)23-10-8-22(4)9-11-23/h6-7,12,15-16H,5,8-11,13H2,1-4H3,(H,21,24)/t15-,16+/m0/s1. The Morgan fingerprint density at radius 2 is 2.08 bits per heavy atom. The first kappa shape index (κ1) is 18.1. The quantitative estimate of drug-likeness (QED) is 0.880. The van der Waals surface area contributed by atoms with Crippen LogP contribution in [0, 0.1) is 5.41 Å². The Morgan fingerprint density at radius 3 is 2.72 bits per heavy atom. The summed E-state index contributed by atoms with van der Waals surface area (Å²) in [5, 5.41) is 3.18. The van der Waals surface area contributed by atoms with E-state index in [0.717, 1.165) is 38.4 Å². The summed E-state index contributed by atoms with van der Waals surface area (Å²) in [6, 6.07) is 3.85. The topological polar surface area (TPSA) is 57.7 Å². The molecular formula is C19H30N4O2. The van der Waals surface area contributed by atoms with Crippen LogP contribution in [0.15, 0.2) is 18.3 Å². The number of nitrogens with one attached hydrogen (secondary N) is 1. The van der Waals surface area contributed by atoms with E-state index in [1.165, 1.54) is 0 Å². The summed E-state index contributed by atoms with van der Waals surface area (Å²) in [6.07, 6.45) is 2.83. The average molecular weight is 346 g/mol. The molecule has 2 fully saturated rings. The number of aromatic nitrogens is 1. The highest BCUT2D eigenvalue weighted by atomic mass is 16.5. The van der Waals surface area contributed by atoms with Crippen LogP contribution < -0.4 is 10.2 Å². The first-order chi connectivity index (χ1) is 11.9. The molecule has 1 N–H and O–H groups in total. The van der Waals surface area contributed by atoms with E-state index >= 15 is 0 Å². The summed E-state index contributed by atoms with van der Waals surface area (Å²) < 4.78 is 5.75. The summed E-state index contributed by atoms with van der Waals surface area (Å²) in [4.78, 5) is 21.7. The molecule has 1 saturated heterocycles. The van der Waals surface area contributed by atoms with Gasteiger partial charge >= 0.3 is 0 Å². The van der Waals surface area contributed by atoms with Gasteiger partial charge in [0.2, 0.25) is 0 Å². The van der Waals surface area contributed by atoms with E-state index in [9.17, 15) is 4.79 Å². The third-order valence-electron chi connectivity index (χ3n) is 5.69. The predicted octanol–water partition coefficient (Wildman–Crippen LogP) is 1.77. The predicted molar refractivity (Wildman–Crippen MR) is 99.0 cm³/mol. The lowest BCUT2D eigenvalue weighted by Gasteiger charge is -2.51. The van der Waals surface area contributed by atoms with Gasteiger partial charge in [-0.1, -0.05) is 13.8 Å². The van der Waals surface area contributed by atoms with Crippen LogP contribution in [0.2, 0.25) is 0 Å². The van der Waals surface area contributed by atoms with Crippen molar-refractivity contribution in [2.45, 2.75) is 39.3 Å². The molecule has 2 heterocycles. The highest BCUT2D eigenvalue weighted by Crippen LogP contribution is 2.42. The molecule has 1 aromatic heterocycles. The number of rotatable bonds is 5. The highest BCUT2D eigenvalue weighted by Gasteiger charge is 2.49. The Balaban J connectivity index is 1.62. The third kappa shape index (κ3) is 3.80. The number of piperazine rings is 1. The molecule has 0 spiro atoms. The van der Waals surface area contributed by atoms with Crippen molar-refractivity contribution in [2.24, 2.45) is 5.41 Å². The zero-order valence-corrected chi connectivity index (χ0v) is 15.8. The second-order valence-electron chi connectivity index (χ2n) is 7.72. The van der Waals surface area contributed by atoms with Gasteiger partial charge in [-0.2, -0.15) is 0 Å². The zero-order chi connectivity index (χ0) is 18.0.